The van der Waals surface area contributed by atoms with Crippen molar-refractivity contribution in [2.45, 2.75) is 5.03 Å². The van der Waals surface area contributed by atoms with Crippen molar-refractivity contribution in [1.82, 2.24) is 14.2 Å². The second-order valence-corrected chi connectivity index (χ2v) is 10.4. The molecule has 34 heavy (non-hydrogen) atoms. The van der Waals surface area contributed by atoms with E-state index in [4.69, 9.17) is 11.6 Å². The van der Waals surface area contributed by atoms with Crippen molar-refractivity contribution >= 4 is 38.4 Å². The number of hydrogen-bond acceptors (Lipinski definition) is 4. The number of pyridine rings is 1. The Morgan fingerprint density at radius 1 is 0.912 bits per heavy atom. The molecule has 3 heterocycles. The number of H-pyrrole nitrogens is 1. The average molecular weight is 497 g/mol. The number of hydrogen-bond donors (Lipinski definition) is 1. The summed E-state index contributed by atoms with van der Waals surface area (Å²) in [6.45, 7) is 1.02. The third-order valence-electron chi connectivity index (χ3n) is 5.97. The van der Waals surface area contributed by atoms with Gasteiger partial charge in [-0.15, -0.1) is 0 Å². The summed E-state index contributed by atoms with van der Waals surface area (Å²) in [7, 11) is -3.72. The van der Waals surface area contributed by atoms with Crippen LogP contribution >= 0.6 is 11.6 Å². The predicted molar refractivity (Wildman–Crippen MR) is 129 cm³/mol. The van der Waals surface area contributed by atoms with E-state index in [1.165, 1.54) is 16.7 Å². The number of sulfonamides is 1. The highest BCUT2D eigenvalue weighted by Gasteiger charge is 2.31. The number of fused-ring (bicyclic) bond motifs is 1. The molecule has 2 aromatic carbocycles. The van der Waals surface area contributed by atoms with Gasteiger partial charge in [-0.2, -0.15) is 9.04 Å². The Hall–Kier alpha value is -3.40. The van der Waals surface area contributed by atoms with Crippen LogP contribution < -0.4 is 4.73 Å². The molecule has 1 aliphatic rings. The number of benzene rings is 2. The number of piperazine rings is 1. The first-order valence-corrected chi connectivity index (χ1v) is 12.5. The van der Waals surface area contributed by atoms with Gasteiger partial charge in [-0.1, -0.05) is 29.8 Å². The van der Waals surface area contributed by atoms with E-state index in [2.05, 4.69) is 4.98 Å². The lowest BCUT2D eigenvalue weighted by Crippen LogP contribution is -2.50. The number of aromatic amines is 1. The lowest BCUT2D eigenvalue weighted by atomic mass is 10.0. The quantitative estimate of drug-likeness (QED) is 0.346. The molecule has 0 aliphatic carbocycles. The van der Waals surface area contributed by atoms with Gasteiger partial charge in [0, 0.05) is 59.8 Å². The van der Waals surface area contributed by atoms with Gasteiger partial charge in [0.05, 0.1) is 0 Å². The minimum atomic E-state index is -3.72. The summed E-state index contributed by atoms with van der Waals surface area (Å²) in [5, 5.41) is 12.6. The number of amides is 1. The van der Waals surface area contributed by atoms with Gasteiger partial charge in [0.15, 0.2) is 12.4 Å². The van der Waals surface area contributed by atoms with Crippen LogP contribution in [0.25, 0.3) is 22.0 Å². The number of nitrogens with one attached hydrogen (secondary N) is 1. The molecule has 1 amide bonds. The number of aromatic nitrogens is 2. The van der Waals surface area contributed by atoms with Crippen LogP contribution in [0.2, 0.25) is 5.02 Å². The highest BCUT2D eigenvalue weighted by molar-refractivity contribution is 7.89. The van der Waals surface area contributed by atoms with Crippen molar-refractivity contribution in [1.29, 1.82) is 0 Å². The third kappa shape index (κ3) is 4.25. The van der Waals surface area contributed by atoms with E-state index in [9.17, 15) is 18.4 Å². The Morgan fingerprint density at radius 3 is 2.24 bits per heavy atom. The fourth-order valence-corrected chi connectivity index (χ4v) is 5.68. The van der Waals surface area contributed by atoms with E-state index in [0.717, 1.165) is 21.2 Å². The van der Waals surface area contributed by atoms with Crippen LogP contribution in [0.3, 0.4) is 0 Å². The number of carbonyl (C=O) groups excluding carboxylic acids is 1. The number of nitrogens with zero attached hydrogens (tertiary/aromatic N) is 3. The van der Waals surface area contributed by atoms with E-state index in [1.807, 2.05) is 12.1 Å². The molecule has 5 rings (SSSR count). The van der Waals surface area contributed by atoms with Crippen LogP contribution in [0.15, 0.2) is 78.1 Å². The monoisotopic (exact) mass is 496 g/mol. The van der Waals surface area contributed by atoms with Crippen LogP contribution in [0.4, 0.5) is 0 Å². The van der Waals surface area contributed by atoms with Crippen molar-refractivity contribution in [3.63, 3.8) is 0 Å². The summed E-state index contributed by atoms with van der Waals surface area (Å²) < 4.78 is 28.3. The molecule has 0 radical (unpaired) electrons. The minimum Gasteiger partial charge on any atom is -0.619 e. The van der Waals surface area contributed by atoms with Crippen LogP contribution in [0, 0.1) is 5.21 Å². The molecule has 4 aromatic rings. The first-order chi connectivity index (χ1) is 16.3. The van der Waals surface area contributed by atoms with Crippen molar-refractivity contribution in [3.05, 3.63) is 88.9 Å². The maximum Gasteiger partial charge on any atom is 0.258 e. The Labute approximate surface area is 201 Å². The minimum absolute atomic E-state index is 0.114. The van der Waals surface area contributed by atoms with Gasteiger partial charge in [-0.05, 0) is 41.5 Å². The van der Waals surface area contributed by atoms with Crippen LogP contribution in [-0.4, -0.2) is 54.7 Å². The molecule has 0 bridgehead atoms. The summed E-state index contributed by atoms with van der Waals surface area (Å²) in [5.74, 6) is -0.144. The first kappa shape index (κ1) is 22.4. The molecule has 8 nitrogen and oxygen atoms in total. The molecular formula is C24H21ClN4O4S. The fourth-order valence-electron chi connectivity index (χ4n) is 4.08. The van der Waals surface area contributed by atoms with E-state index < -0.39 is 10.0 Å². The molecule has 0 atom stereocenters. The highest BCUT2D eigenvalue weighted by atomic mass is 35.5. The summed E-state index contributed by atoms with van der Waals surface area (Å²) in [4.78, 5) is 17.6. The number of rotatable bonds is 4. The topological polar surface area (TPSA) is 100 Å². The molecule has 174 valence electrons. The fraction of sp³-hybridized carbons (Fsp3) is 0.167. The van der Waals surface area contributed by atoms with Crippen molar-refractivity contribution in [3.8, 4) is 11.1 Å². The van der Waals surface area contributed by atoms with E-state index in [-0.39, 0.29) is 24.0 Å². The van der Waals surface area contributed by atoms with Crippen molar-refractivity contribution in [2.75, 3.05) is 26.2 Å². The van der Waals surface area contributed by atoms with Gasteiger partial charge in [0.1, 0.15) is 5.03 Å². The van der Waals surface area contributed by atoms with Gasteiger partial charge < -0.3 is 15.1 Å². The summed E-state index contributed by atoms with van der Waals surface area (Å²) in [6, 6.07) is 17.4. The zero-order chi connectivity index (χ0) is 23.9. The lowest BCUT2D eigenvalue weighted by molar-refractivity contribution is -0.605. The molecule has 1 aliphatic heterocycles. The Bertz CT molecular complexity index is 1460. The molecule has 0 spiro atoms. The van der Waals surface area contributed by atoms with Gasteiger partial charge in [0.2, 0.25) is 0 Å². The van der Waals surface area contributed by atoms with Crippen molar-refractivity contribution < 1.29 is 17.9 Å². The number of carbonyl (C=O) groups is 1. The molecule has 10 heteroatoms. The molecule has 1 N–H and O–H groups in total. The molecule has 0 unspecified atom stereocenters. The number of halogens is 1. The zero-order valence-corrected chi connectivity index (χ0v) is 19.6. The van der Waals surface area contributed by atoms with Gasteiger partial charge in [0.25, 0.3) is 15.9 Å². The van der Waals surface area contributed by atoms with Gasteiger partial charge in [-0.25, -0.2) is 8.42 Å². The summed E-state index contributed by atoms with van der Waals surface area (Å²) >= 11 is 6.00. The average Bonchev–Trinajstić information content (AvgIpc) is 3.28. The maximum atomic E-state index is 13.1. The van der Waals surface area contributed by atoms with Crippen molar-refractivity contribution in [2.24, 2.45) is 0 Å². The Kier molecular flexibility index (Phi) is 5.76. The third-order valence-corrected chi connectivity index (χ3v) is 8.03. The molecule has 0 saturated carbocycles. The first-order valence-electron chi connectivity index (χ1n) is 10.7. The lowest BCUT2D eigenvalue weighted by Gasteiger charge is -2.33. The van der Waals surface area contributed by atoms with E-state index >= 15 is 0 Å². The van der Waals surface area contributed by atoms with Crippen LogP contribution in [0.1, 0.15) is 10.4 Å². The largest absolute Gasteiger partial charge is 0.619 e. The van der Waals surface area contributed by atoms with Gasteiger partial charge >= 0.3 is 0 Å². The highest BCUT2D eigenvalue weighted by Crippen LogP contribution is 2.25. The standard InChI is InChI=1S/C24H21ClN4O4S/c25-21-6-5-20-15-23(26-22(20)16-21)34(32,33)29-13-11-27(12-14-29)24(30)19-3-1-17(2-4-19)18-7-9-28(31)10-8-18/h1-10,15-16,26H,11-14H2. The Morgan fingerprint density at radius 2 is 1.56 bits per heavy atom. The SMILES string of the molecule is O=C(c1ccc(-c2cc[n+]([O-])cc2)cc1)N1CCN(S(=O)(=O)c2cc3ccc(Cl)cc3[nH]2)CC1. The normalized spacial score (nSPS) is 15.0. The van der Waals surface area contributed by atoms with Gasteiger partial charge in [-0.3, -0.25) is 4.79 Å². The second kappa shape index (κ2) is 8.75. The smallest absolute Gasteiger partial charge is 0.258 e. The second-order valence-electron chi connectivity index (χ2n) is 8.09. The Balaban J connectivity index is 1.26. The van der Waals surface area contributed by atoms with E-state index in [1.54, 1.807) is 53.4 Å². The van der Waals surface area contributed by atoms with Crippen LogP contribution in [0.5, 0.6) is 0 Å². The van der Waals surface area contributed by atoms with Crippen LogP contribution in [-0.2, 0) is 10.0 Å². The molecular weight excluding hydrogens is 476 g/mol. The summed E-state index contributed by atoms with van der Waals surface area (Å²) in [6.07, 6.45) is 2.85. The molecule has 1 saturated heterocycles. The summed E-state index contributed by atoms with van der Waals surface area (Å²) in [5.41, 5.74) is 2.96. The predicted octanol–water partition coefficient (Wildman–Crippen LogP) is 3.27. The van der Waals surface area contributed by atoms with E-state index in [0.29, 0.717) is 29.2 Å². The zero-order valence-electron chi connectivity index (χ0n) is 18.0. The molecule has 2 aromatic heterocycles. The molecule has 1 fully saturated rings. The maximum absolute atomic E-state index is 13.1.